The predicted molar refractivity (Wildman–Crippen MR) is 82.1 cm³/mol. The quantitative estimate of drug-likeness (QED) is 0.830. The van der Waals surface area contributed by atoms with Crippen LogP contribution in [0.3, 0.4) is 0 Å². The van der Waals surface area contributed by atoms with Gasteiger partial charge in [0.15, 0.2) is 6.10 Å². The van der Waals surface area contributed by atoms with Crippen molar-refractivity contribution in [3.8, 4) is 0 Å². The summed E-state index contributed by atoms with van der Waals surface area (Å²) in [6.45, 7) is 1.26. The molecule has 2 heterocycles. The van der Waals surface area contributed by atoms with Gasteiger partial charge in [0.05, 0.1) is 6.61 Å². The Bertz CT molecular complexity index is 680. The number of aromatic amines is 1. The molecule has 22 heavy (non-hydrogen) atoms. The average Bonchev–Trinajstić information content (AvgIpc) is 2.85. The smallest absolute Gasteiger partial charge is 0.450 e. The van der Waals surface area contributed by atoms with Gasteiger partial charge in [-0.2, -0.15) is 0 Å². The van der Waals surface area contributed by atoms with Crippen molar-refractivity contribution in [3.05, 3.63) is 35.5 Å². The van der Waals surface area contributed by atoms with Crippen LogP contribution in [0.5, 0.6) is 0 Å². The van der Waals surface area contributed by atoms with Crippen molar-refractivity contribution in [2.24, 2.45) is 0 Å². The van der Waals surface area contributed by atoms with Gasteiger partial charge in [0.1, 0.15) is 6.10 Å². The Labute approximate surface area is 128 Å². The maximum Gasteiger partial charge on any atom is 0.506 e. The summed E-state index contributed by atoms with van der Waals surface area (Å²) in [5.74, 6) is 0. The first kappa shape index (κ1) is 14.9. The van der Waals surface area contributed by atoms with Crippen LogP contribution in [0.25, 0.3) is 10.9 Å². The van der Waals surface area contributed by atoms with E-state index in [9.17, 15) is 4.79 Å². The molecule has 2 N–H and O–H groups in total. The van der Waals surface area contributed by atoms with Gasteiger partial charge < -0.3 is 24.5 Å². The van der Waals surface area contributed by atoms with Crippen molar-refractivity contribution in [1.82, 2.24) is 9.88 Å². The lowest BCUT2D eigenvalue weighted by molar-refractivity contribution is -0.172. The van der Waals surface area contributed by atoms with Gasteiger partial charge in [0.25, 0.3) is 0 Å². The molecule has 0 radical (unpaired) electrons. The molecule has 1 aromatic carbocycles. The normalized spacial score (nSPS) is 21.0. The van der Waals surface area contributed by atoms with E-state index >= 15 is 0 Å². The summed E-state index contributed by atoms with van der Waals surface area (Å²) in [7, 11) is 4.09. The summed E-state index contributed by atoms with van der Waals surface area (Å²) in [6, 6.07) is 5.95. The van der Waals surface area contributed by atoms with Crippen LogP contribution in [-0.4, -0.2) is 54.5 Å². The number of likely N-dealkylation sites (N-methyl/N-ethyl adjacent to an activating group) is 1. The van der Waals surface area contributed by atoms with Gasteiger partial charge in [-0.05, 0) is 37.7 Å². The summed E-state index contributed by atoms with van der Waals surface area (Å²) in [4.78, 5) is 16.2. The molecule has 0 bridgehead atoms. The second-order valence-corrected chi connectivity index (χ2v) is 5.81. The van der Waals surface area contributed by atoms with Crippen LogP contribution in [0, 0.1) is 0 Å². The van der Waals surface area contributed by atoms with E-state index in [0.717, 1.165) is 29.4 Å². The zero-order valence-electron chi connectivity index (χ0n) is 12.7. The first-order valence-electron chi connectivity index (χ1n) is 7.31. The standard InChI is InChI=1S/C16H20N2O4/c1-18(2)7-6-10-8-17-12-5-3-4-11(14(10)12)15-13(9-21-15)22-16(19)20/h3-5,8,13,15,17H,6-7,9H2,1-2H3,(H,19,20). The molecule has 1 saturated heterocycles. The highest BCUT2D eigenvalue weighted by Crippen LogP contribution is 2.37. The second-order valence-electron chi connectivity index (χ2n) is 5.81. The van der Waals surface area contributed by atoms with Gasteiger partial charge in [0.2, 0.25) is 0 Å². The maximum atomic E-state index is 10.7. The Morgan fingerprint density at radius 1 is 1.50 bits per heavy atom. The number of hydrogen-bond acceptors (Lipinski definition) is 4. The van der Waals surface area contributed by atoms with Gasteiger partial charge in [-0.1, -0.05) is 12.1 Å². The first-order valence-corrected chi connectivity index (χ1v) is 7.31. The molecule has 3 rings (SSSR count). The summed E-state index contributed by atoms with van der Waals surface area (Å²) in [5, 5.41) is 9.92. The van der Waals surface area contributed by atoms with Crippen LogP contribution in [-0.2, 0) is 15.9 Å². The largest absolute Gasteiger partial charge is 0.506 e. The van der Waals surface area contributed by atoms with Crippen LogP contribution >= 0.6 is 0 Å². The van der Waals surface area contributed by atoms with E-state index in [2.05, 4.69) is 9.88 Å². The molecule has 2 unspecified atom stereocenters. The lowest BCUT2D eigenvalue weighted by atomic mass is 9.94. The molecule has 118 valence electrons. The highest BCUT2D eigenvalue weighted by molar-refractivity contribution is 5.87. The van der Waals surface area contributed by atoms with Crippen LogP contribution in [0.15, 0.2) is 24.4 Å². The van der Waals surface area contributed by atoms with Crippen molar-refractivity contribution in [2.45, 2.75) is 18.6 Å². The molecule has 0 saturated carbocycles. The molecular weight excluding hydrogens is 284 g/mol. The number of carboxylic acid groups (broad SMARTS) is 1. The van der Waals surface area contributed by atoms with Crippen molar-refractivity contribution in [2.75, 3.05) is 27.2 Å². The highest BCUT2D eigenvalue weighted by atomic mass is 16.7. The highest BCUT2D eigenvalue weighted by Gasteiger charge is 2.38. The summed E-state index contributed by atoms with van der Waals surface area (Å²) >= 11 is 0. The lowest BCUT2D eigenvalue weighted by Gasteiger charge is -2.35. The molecule has 0 spiro atoms. The fourth-order valence-corrected chi connectivity index (χ4v) is 2.85. The van der Waals surface area contributed by atoms with E-state index in [-0.39, 0.29) is 6.10 Å². The van der Waals surface area contributed by atoms with Crippen LogP contribution in [0.4, 0.5) is 4.79 Å². The Morgan fingerprint density at radius 2 is 2.32 bits per heavy atom. The number of aromatic nitrogens is 1. The Balaban J connectivity index is 1.92. The molecule has 2 atom stereocenters. The van der Waals surface area contributed by atoms with E-state index in [1.54, 1.807) is 0 Å². The molecule has 6 heteroatoms. The lowest BCUT2D eigenvalue weighted by Crippen LogP contribution is -2.41. The van der Waals surface area contributed by atoms with Crippen LogP contribution < -0.4 is 0 Å². The average molecular weight is 304 g/mol. The summed E-state index contributed by atoms with van der Waals surface area (Å²) < 4.78 is 10.5. The number of rotatable bonds is 5. The fourth-order valence-electron chi connectivity index (χ4n) is 2.85. The van der Waals surface area contributed by atoms with Gasteiger partial charge in [-0.25, -0.2) is 4.79 Å². The monoisotopic (exact) mass is 304 g/mol. The Morgan fingerprint density at radius 3 is 2.95 bits per heavy atom. The Hall–Kier alpha value is -2.05. The molecule has 0 amide bonds. The van der Waals surface area contributed by atoms with Crippen molar-refractivity contribution in [3.63, 3.8) is 0 Å². The number of nitrogens with zero attached hydrogens (tertiary/aromatic N) is 1. The van der Waals surface area contributed by atoms with E-state index < -0.39 is 12.3 Å². The molecule has 1 aliphatic heterocycles. The molecule has 1 fully saturated rings. The fraction of sp³-hybridized carbons (Fsp3) is 0.438. The number of hydrogen-bond donors (Lipinski definition) is 2. The third kappa shape index (κ3) is 2.80. The van der Waals surface area contributed by atoms with Crippen molar-refractivity contribution >= 4 is 17.1 Å². The van der Waals surface area contributed by atoms with E-state index in [1.807, 2.05) is 38.5 Å². The molecular formula is C16H20N2O4. The zero-order chi connectivity index (χ0) is 15.7. The minimum Gasteiger partial charge on any atom is -0.450 e. The van der Waals surface area contributed by atoms with Crippen LogP contribution in [0.2, 0.25) is 0 Å². The van der Waals surface area contributed by atoms with Gasteiger partial charge in [0, 0.05) is 23.6 Å². The number of fused-ring (bicyclic) bond motifs is 1. The third-order valence-corrected chi connectivity index (χ3v) is 3.98. The van der Waals surface area contributed by atoms with E-state index in [0.29, 0.717) is 6.61 Å². The van der Waals surface area contributed by atoms with Gasteiger partial charge in [-0.3, -0.25) is 0 Å². The predicted octanol–water partition coefficient (Wildman–Crippen LogP) is 2.41. The van der Waals surface area contributed by atoms with Gasteiger partial charge in [-0.15, -0.1) is 0 Å². The van der Waals surface area contributed by atoms with E-state index in [4.69, 9.17) is 14.6 Å². The molecule has 1 aromatic heterocycles. The van der Waals surface area contributed by atoms with Gasteiger partial charge >= 0.3 is 6.16 Å². The topological polar surface area (TPSA) is 74.8 Å². The van der Waals surface area contributed by atoms with Crippen molar-refractivity contribution < 1.29 is 19.4 Å². The molecule has 0 aliphatic carbocycles. The minimum absolute atomic E-state index is 0.310. The number of nitrogens with one attached hydrogen (secondary N) is 1. The van der Waals surface area contributed by atoms with Crippen LogP contribution in [0.1, 0.15) is 17.2 Å². The summed E-state index contributed by atoms with van der Waals surface area (Å²) in [6.07, 6.45) is 0.922. The maximum absolute atomic E-state index is 10.7. The van der Waals surface area contributed by atoms with Crippen molar-refractivity contribution in [1.29, 1.82) is 0 Å². The molecule has 1 aliphatic rings. The molecule has 2 aromatic rings. The zero-order valence-corrected chi connectivity index (χ0v) is 12.7. The number of ether oxygens (including phenoxy) is 2. The van der Waals surface area contributed by atoms with E-state index in [1.165, 1.54) is 5.56 Å². The Kier molecular flexibility index (Phi) is 4.04. The third-order valence-electron chi connectivity index (χ3n) is 3.98. The number of H-pyrrole nitrogens is 1. The SMILES string of the molecule is CN(C)CCc1c[nH]c2cccc(C3OCC3OC(=O)O)c12. The first-order chi connectivity index (χ1) is 10.6. The number of benzene rings is 1. The molecule has 6 nitrogen and oxygen atoms in total. The minimum atomic E-state index is -1.26. The number of carbonyl (C=O) groups is 1. The summed E-state index contributed by atoms with van der Waals surface area (Å²) in [5.41, 5.74) is 3.24. The second kappa shape index (κ2) is 5.98.